The second-order valence-corrected chi connectivity index (χ2v) is 20.9. The molecule has 388 valence electrons. The van der Waals surface area contributed by atoms with Gasteiger partial charge in [0.2, 0.25) is 0 Å². The second-order valence-electron chi connectivity index (χ2n) is 20.0. The van der Waals surface area contributed by atoms with Crippen molar-refractivity contribution in [3.05, 3.63) is 296 Å². The summed E-state index contributed by atoms with van der Waals surface area (Å²) in [5.74, 6) is 0. The first-order valence-electron chi connectivity index (χ1n) is 26.8. The third kappa shape index (κ3) is 9.06. The van der Waals surface area contributed by atoms with E-state index >= 15 is 0 Å². The smallest absolute Gasteiger partial charge is 0.423 e. The molecule has 0 bridgehead atoms. The Kier molecular flexibility index (Phi) is 13.5. The summed E-state index contributed by atoms with van der Waals surface area (Å²) in [4.78, 5) is 0. The summed E-state index contributed by atoms with van der Waals surface area (Å²) in [5, 5.41) is 28.6. The monoisotopic (exact) mass is 1110 g/mol. The van der Waals surface area contributed by atoms with E-state index in [-0.39, 0.29) is 7.43 Å². The SMILES string of the molecule is Brc1ccc2c(c1)c1ccccc1n2-c1ccccc1.C.OB(O)c1ccc2c(c1)c1ccccc1n2-c1ccccc1.c1ccc(-n2c3ccccc3c3cc(-c4ccc5c(c4)c4ccccc4n5-c4ccccc4)ccc32)cc1. The summed E-state index contributed by atoms with van der Waals surface area (Å²) in [6, 6.07) is 102. The van der Waals surface area contributed by atoms with Crippen LogP contribution in [0.3, 0.4) is 0 Å². The number of fused-ring (bicyclic) bond motifs is 12. The van der Waals surface area contributed by atoms with Gasteiger partial charge in [0.05, 0.1) is 44.1 Å². The lowest BCUT2D eigenvalue weighted by molar-refractivity contribution is 0.426. The third-order valence-corrected chi connectivity index (χ3v) is 15.9. The van der Waals surface area contributed by atoms with E-state index in [1.807, 2.05) is 48.5 Å². The molecule has 0 spiro atoms. The van der Waals surface area contributed by atoms with Gasteiger partial charge in [-0.3, -0.25) is 0 Å². The molecule has 4 heterocycles. The molecule has 0 saturated heterocycles. The Hall–Kier alpha value is -9.70. The lowest BCUT2D eigenvalue weighted by Crippen LogP contribution is -2.29. The van der Waals surface area contributed by atoms with Crippen molar-refractivity contribution in [3.8, 4) is 33.9 Å². The minimum Gasteiger partial charge on any atom is -0.423 e. The lowest BCUT2D eigenvalue weighted by Gasteiger charge is -2.09. The van der Waals surface area contributed by atoms with Gasteiger partial charge in [-0.05, 0) is 138 Å². The van der Waals surface area contributed by atoms with E-state index < -0.39 is 7.12 Å². The van der Waals surface area contributed by atoms with Gasteiger partial charge in [0.25, 0.3) is 0 Å². The van der Waals surface area contributed by atoms with E-state index in [1.54, 1.807) is 6.07 Å². The van der Waals surface area contributed by atoms with Gasteiger partial charge >= 0.3 is 7.12 Å². The highest BCUT2D eigenvalue weighted by Gasteiger charge is 2.19. The molecule has 0 unspecified atom stereocenters. The van der Waals surface area contributed by atoms with Crippen molar-refractivity contribution < 1.29 is 10.0 Å². The van der Waals surface area contributed by atoms with E-state index in [2.05, 4.69) is 271 Å². The predicted molar refractivity (Wildman–Crippen MR) is 346 cm³/mol. The number of hydrogen-bond donors (Lipinski definition) is 2. The summed E-state index contributed by atoms with van der Waals surface area (Å²) < 4.78 is 10.4. The Morgan fingerprint density at radius 1 is 0.247 bits per heavy atom. The van der Waals surface area contributed by atoms with Crippen LogP contribution in [0.4, 0.5) is 0 Å². The Labute approximate surface area is 478 Å². The average Bonchev–Trinajstić information content (AvgIpc) is 4.44. The van der Waals surface area contributed by atoms with Crippen molar-refractivity contribution in [3.63, 3.8) is 0 Å². The van der Waals surface area contributed by atoms with Crippen molar-refractivity contribution in [2.75, 3.05) is 0 Å². The third-order valence-electron chi connectivity index (χ3n) is 15.4. The molecule has 8 heteroatoms. The van der Waals surface area contributed by atoms with Crippen LogP contribution in [0.5, 0.6) is 0 Å². The van der Waals surface area contributed by atoms with Gasteiger partial charge in [0.15, 0.2) is 0 Å². The normalized spacial score (nSPS) is 11.3. The van der Waals surface area contributed by atoms with Crippen molar-refractivity contribution in [2.45, 2.75) is 7.43 Å². The summed E-state index contributed by atoms with van der Waals surface area (Å²) >= 11 is 3.57. The Morgan fingerprint density at radius 2 is 0.506 bits per heavy atom. The van der Waals surface area contributed by atoms with E-state index in [0.29, 0.717) is 5.46 Å². The first-order valence-corrected chi connectivity index (χ1v) is 27.6. The van der Waals surface area contributed by atoms with Gasteiger partial charge in [-0.15, -0.1) is 0 Å². The molecule has 12 aromatic carbocycles. The zero-order valence-electron chi connectivity index (χ0n) is 43.4. The number of benzene rings is 12. The van der Waals surface area contributed by atoms with Gasteiger partial charge in [0.1, 0.15) is 0 Å². The minimum absolute atomic E-state index is 0. The van der Waals surface area contributed by atoms with Crippen LogP contribution in [0.1, 0.15) is 7.43 Å². The van der Waals surface area contributed by atoms with Crippen LogP contribution >= 0.6 is 15.9 Å². The van der Waals surface area contributed by atoms with Crippen LogP contribution in [-0.4, -0.2) is 35.4 Å². The molecule has 16 aromatic rings. The number of nitrogens with zero attached hydrogens (tertiary/aromatic N) is 4. The van der Waals surface area contributed by atoms with Crippen molar-refractivity contribution in [1.29, 1.82) is 0 Å². The van der Waals surface area contributed by atoms with Crippen LogP contribution in [0.2, 0.25) is 0 Å². The largest absolute Gasteiger partial charge is 0.488 e. The van der Waals surface area contributed by atoms with Crippen LogP contribution in [0.15, 0.2) is 296 Å². The molecule has 0 aliphatic heterocycles. The molecule has 0 atom stereocenters. The zero-order chi connectivity index (χ0) is 53.7. The quantitative estimate of drug-likeness (QED) is 0.163. The van der Waals surface area contributed by atoms with Gasteiger partial charge < -0.3 is 28.3 Å². The number of aromatic nitrogens is 4. The maximum atomic E-state index is 9.43. The van der Waals surface area contributed by atoms with Gasteiger partial charge in [-0.2, -0.15) is 0 Å². The fraction of sp³-hybridized carbons (Fsp3) is 0.0137. The van der Waals surface area contributed by atoms with E-state index in [4.69, 9.17) is 0 Å². The van der Waals surface area contributed by atoms with Crippen LogP contribution in [0.25, 0.3) is 121 Å². The van der Waals surface area contributed by atoms with Crippen LogP contribution in [-0.2, 0) is 0 Å². The molecule has 4 aromatic heterocycles. The Bertz CT molecular complexity index is 4780. The zero-order valence-corrected chi connectivity index (χ0v) is 44.9. The minimum atomic E-state index is -1.46. The Balaban J connectivity index is 0.000000123. The lowest BCUT2D eigenvalue weighted by atomic mass is 9.80. The van der Waals surface area contributed by atoms with Crippen molar-refractivity contribution in [1.82, 2.24) is 18.3 Å². The molecular weight excluding hydrogens is 1060 g/mol. The summed E-state index contributed by atoms with van der Waals surface area (Å²) in [6.07, 6.45) is 0. The van der Waals surface area contributed by atoms with Gasteiger partial charge in [-0.25, -0.2) is 0 Å². The molecule has 0 amide bonds. The molecule has 0 aliphatic rings. The fourth-order valence-corrected chi connectivity index (χ4v) is 12.2. The standard InChI is InChI=1S/C36H24N2.C18H14BNO2.C18H12BrN.CH4/c1-3-11-27(12-4-1)37-33-17-9-7-15-29(33)31-23-25(19-21-35(31)37)26-20-22-36-32(24-26)30-16-8-10-18-34(30)38(36)28-13-5-2-6-14-28;21-19(22)13-10-11-18-16(12-13)15-8-4-5-9-17(15)20(18)14-6-2-1-3-7-14;19-13-10-11-18-16(12-13)15-8-4-5-9-17(15)20(18)14-6-2-1-3-7-14;/h1-24H;1-12,21-22H;1-12H;1H4. The molecule has 6 nitrogen and oxygen atoms in total. The maximum absolute atomic E-state index is 9.43. The molecule has 2 N–H and O–H groups in total. The average molecular weight is 1110 g/mol. The van der Waals surface area contributed by atoms with Crippen LogP contribution in [0, 0.1) is 0 Å². The molecule has 0 saturated carbocycles. The van der Waals surface area contributed by atoms with E-state index in [1.165, 1.54) is 93.6 Å². The fourth-order valence-electron chi connectivity index (χ4n) is 11.8. The first kappa shape index (κ1) is 50.8. The molecule has 0 radical (unpaired) electrons. The summed E-state index contributed by atoms with van der Waals surface area (Å²) in [6.45, 7) is 0. The summed E-state index contributed by atoms with van der Waals surface area (Å²) in [5.41, 5.74) is 17.2. The highest BCUT2D eigenvalue weighted by molar-refractivity contribution is 9.10. The maximum Gasteiger partial charge on any atom is 0.488 e. The molecular formula is C73H54BBrN4O2. The number of hydrogen-bond acceptors (Lipinski definition) is 2. The second kappa shape index (κ2) is 21.5. The number of para-hydroxylation sites is 8. The van der Waals surface area contributed by atoms with Gasteiger partial charge in [0, 0.05) is 70.3 Å². The van der Waals surface area contributed by atoms with E-state index in [0.717, 1.165) is 32.0 Å². The number of halogens is 1. The van der Waals surface area contributed by atoms with E-state index in [9.17, 15) is 10.0 Å². The summed E-state index contributed by atoms with van der Waals surface area (Å²) in [7, 11) is -1.46. The van der Waals surface area contributed by atoms with Crippen LogP contribution < -0.4 is 5.46 Å². The highest BCUT2D eigenvalue weighted by Crippen LogP contribution is 2.39. The van der Waals surface area contributed by atoms with Crippen molar-refractivity contribution >= 4 is 116 Å². The van der Waals surface area contributed by atoms with Crippen molar-refractivity contribution in [2.24, 2.45) is 0 Å². The molecule has 0 aliphatic carbocycles. The molecule has 81 heavy (non-hydrogen) atoms. The number of rotatable bonds is 6. The topological polar surface area (TPSA) is 60.2 Å². The first-order chi connectivity index (χ1) is 39.5. The highest BCUT2D eigenvalue weighted by atomic mass is 79.9. The van der Waals surface area contributed by atoms with Gasteiger partial charge in [-0.1, -0.05) is 193 Å². The Morgan fingerprint density at radius 3 is 0.840 bits per heavy atom. The predicted octanol–water partition coefficient (Wildman–Crippen LogP) is 18.2. The molecule has 0 fully saturated rings. The molecule has 16 rings (SSSR count).